The Bertz CT molecular complexity index is 656. The molecule has 1 amide bonds. The van der Waals surface area contributed by atoms with Crippen molar-refractivity contribution in [2.75, 3.05) is 32.6 Å². The summed E-state index contributed by atoms with van der Waals surface area (Å²) in [5.41, 5.74) is 8.03. The van der Waals surface area contributed by atoms with Crippen LogP contribution in [0.1, 0.15) is 15.9 Å². The molecule has 6 nitrogen and oxygen atoms in total. The zero-order valence-electron chi connectivity index (χ0n) is 14.4. The highest BCUT2D eigenvalue weighted by atomic mass is 35.5. The van der Waals surface area contributed by atoms with E-state index in [0.717, 1.165) is 11.3 Å². The van der Waals surface area contributed by atoms with Crippen LogP contribution < -0.4 is 25.8 Å². The van der Waals surface area contributed by atoms with Crippen LogP contribution in [0.5, 0.6) is 11.5 Å². The lowest BCUT2D eigenvalue weighted by Crippen LogP contribution is -2.28. The molecule has 0 aromatic heterocycles. The van der Waals surface area contributed by atoms with Gasteiger partial charge in [-0.2, -0.15) is 0 Å². The molecule has 0 fully saturated rings. The van der Waals surface area contributed by atoms with Crippen molar-refractivity contribution in [2.24, 2.45) is 5.73 Å². The number of carbonyl (C=O) groups is 1. The predicted molar refractivity (Wildman–Crippen MR) is 102 cm³/mol. The van der Waals surface area contributed by atoms with Crippen LogP contribution >= 0.6 is 12.4 Å². The van der Waals surface area contributed by atoms with E-state index in [-0.39, 0.29) is 18.3 Å². The van der Waals surface area contributed by atoms with Gasteiger partial charge in [0.2, 0.25) is 0 Å². The predicted octanol–water partition coefficient (Wildman–Crippen LogP) is 2.43. The Morgan fingerprint density at radius 2 is 1.60 bits per heavy atom. The van der Waals surface area contributed by atoms with Gasteiger partial charge in [-0.15, -0.1) is 12.4 Å². The third-order valence-electron chi connectivity index (χ3n) is 3.54. The molecule has 0 aliphatic heterocycles. The molecule has 0 spiro atoms. The van der Waals surface area contributed by atoms with Gasteiger partial charge < -0.3 is 25.8 Å². The summed E-state index contributed by atoms with van der Waals surface area (Å²) in [5, 5.41) is 6.10. The lowest BCUT2D eigenvalue weighted by Gasteiger charge is -2.11. The van der Waals surface area contributed by atoms with Crippen LogP contribution in [0.15, 0.2) is 42.5 Å². The van der Waals surface area contributed by atoms with Crippen molar-refractivity contribution in [3.8, 4) is 11.5 Å². The fourth-order valence-corrected chi connectivity index (χ4v) is 2.19. The highest BCUT2D eigenvalue weighted by molar-refractivity contribution is 5.94. The van der Waals surface area contributed by atoms with Crippen LogP contribution in [-0.4, -0.2) is 33.2 Å². The fraction of sp³-hybridized carbons (Fsp3) is 0.278. The molecule has 0 atom stereocenters. The number of nitrogens with two attached hydrogens (primary N) is 1. The van der Waals surface area contributed by atoms with Gasteiger partial charge in [0.1, 0.15) is 11.5 Å². The quantitative estimate of drug-likeness (QED) is 0.625. The van der Waals surface area contributed by atoms with Crippen molar-refractivity contribution in [3.63, 3.8) is 0 Å². The fourth-order valence-electron chi connectivity index (χ4n) is 2.19. The van der Waals surface area contributed by atoms with E-state index >= 15 is 0 Å². The van der Waals surface area contributed by atoms with Crippen molar-refractivity contribution in [2.45, 2.75) is 6.54 Å². The number of rotatable bonds is 8. The lowest BCUT2D eigenvalue weighted by molar-refractivity contribution is 0.0955. The van der Waals surface area contributed by atoms with Gasteiger partial charge in [0.05, 0.1) is 14.2 Å². The average Bonchev–Trinajstić information content (AvgIpc) is 2.64. The van der Waals surface area contributed by atoms with Gasteiger partial charge in [0.15, 0.2) is 0 Å². The molecule has 4 N–H and O–H groups in total. The molecule has 0 saturated carbocycles. The monoisotopic (exact) mass is 365 g/mol. The second kappa shape index (κ2) is 10.4. The van der Waals surface area contributed by atoms with Crippen molar-refractivity contribution in [3.05, 3.63) is 53.6 Å². The minimum absolute atomic E-state index is 0. The Morgan fingerprint density at radius 3 is 2.12 bits per heavy atom. The van der Waals surface area contributed by atoms with Crippen LogP contribution in [0.25, 0.3) is 0 Å². The Kier molecular flexibility index (Phi) is 8.60. The number of benzene rings is 2. The standard InChI is InChI=1S/C18H23N3O3.ClH/c1-23-16-9-15(10-17(11-16)24-2)20-7-8-21-18(22)14-5-3-13(12-19)4-6-14;/h3-6,9-11,20H,7-8,12,19H2,1-2H3,(H,21,22);1H. The molecule has 136 valence electrons. The van der Waals surface area contributed by atoms with Gasteiger partial charge in [-0.25, -0.2) is 0 Å². The topological polar surface area (TPSA) is 85.6 Å². The summed E-state index contributed by atoms with van der Waals surface area (Å²) >= 11 is 0. The van der Waals surface area contributed by atoms with Gasteiger partial charge in [0.25, 0.3) is 5.91 Å². The zero-order chi connectivity index (χ0) is 17.4. The largest absolute Gasteiger partial charge is 0.497 e. The molecule has 25 heavy (non-hydrogen) atoms. The Balaban J connectivity index is 0.00000312. The van der Waals surface area contributed by atoms with Crippen LogP contribution in [-0.2, 0) is 6.54 Å². The summed E-state index contributed by atoms with van der Waals surface area (Å²) in [6.45, 7) is 1.55. The Hall–Kier alpha value is -2.44. The smallest absolute Gasteiger partial charge is 0.251 e. The van der Waals surface area contributed by atoms with E-state index in [4.69, 9.17) is 15.2 Å². The van der Waals surface area contributed by atoms with Crippen LogP contribution in [0, 0.1) is 0 Å². The number of halogens is 1. The first-order valence-electron chi connectivity index (χ1n) is 7.70. The SMILES string of the molecule is COc1cc(NCCNC(=O)c2ccc(CN)cc2)cc(OC)c1.Cl. The summed E-state index contributed by atoms with van der Waals surface area (Å²) in [6.07, 6.45) is 0. The van der Waals surface area contributed by atoms with E-state index in [0.29, 0.717) is 36.7 Å². The average molecular weight is 366 g/mol. The summed E-state index contributed by atoms with van der Waals surface area (Å²) in [5.74, 6) is 1.31. The molecule has 0 bridgehead atoms. The van der Waals surface area contributed by atoms with Crippen LogP contribution in [0.3, 0.4) is 0 Å². The number of nitrogens with one attached hydrogen (secondary N) is 2. The van der Waals surface area contributed by atoms with E-state index in [1.54, 1.807) is 32.4 Å². The van der Waals surface area contributed by atoms with Crippen molar-refractivity contribution in [1.82, 2.24) is 5.32 Å². The van der Waals surface area contributed by atoms with Gasteiger partial charge >= 0.3 is 0 Å². The number of hydrogen-bond donors (Lipinski definition) is 3. The van der Waals surface area contributed by atoms with Crippen molar-refractivity contribution < 1.29 is 14.3 Å². The van der Waals surface area contributed by atoms with E-state index < -0.39 is 0 Å². The molecule has 2 aromatic rings. The number of hydrogen-bond acceptors (Lipinski definition) is 5. The highest BCUT2D eigenvalue weighted by Gasteiger charge is 2.05. The van der Waals surface area contributed by atoms with E-state index in [1.165, 1.54) is 0 Å². The maximum absolute atomic E-state index is 12.0. The van der Waals surface area contributed by atoms with Crippen LogP contribution in [0.2, 0.25) is 0 Å². The second-order valence-electron chi connectivity index (χ2n) is 5.19. The second-order valence-corrected chi connectivity index (χ2v) is 5.19. The van der Waals surface area contributed by atoms with Gasteiger partial charge in [-0.3, -0.25) is 4.79 Å². The normalized spacial score (nSPS) is 9.72. The van der Waals surface area contributed by atoms with Gasteiger partial charge in [0, 0.05) is 49.1 Å². The summed E-state index contributed by atoms with van der Waals surface area (Å²) in [4.78, 5) is 12.0. The zero-order valence-corrected chi connectivity index (χ0v) is 15.2. The Labute approximate surface area is 154 Å². The minimum atomic E-state index is -0.108. The van der Waals surface area contributed by atoms with E-state index in [2.05, 4.69) is 10.6 Å². The molecule has 0 aliphatic carbocycles. The number of methoxy groups -OCH3 is 2. The third-order valence-corrected chi connectivity index (χ3v) is 3.54. The van der Waals surface area contributed by atoms with E-state index in [1.807, 2.05) is 24.3 Å². The number of ether oxygens (including phenoxy) is 2. The van der Waals surface area contributed by atoms with Crippen molar-refractivity contribution >= 4 is 24.0 Å². The lowest BCUT2D eigenvalue weighted by atomic mass is 10.1. The molecule has 0 radical (unpaired) electrons. The molecule has 0 unspecified atom stereocenters. The van der Waals surface area contributed by atoms with Crippen molar-refractivity contribution in [1.29, 1.82) is 0 Å². The highest BCUT2D eigenvalue weighted by Crippen LogP contribution is 2.25. The Morgan fingerprint density at radius 1 is 1.00 bits per heavy atom. The molecule has 0 saturated heterocycles. The molecule has 0 heterocycles. The molecule has 7 heteroatoms. The number of anilines is 1. The first kappa shape index (κ1) is 20.6. The first-order valence-corrected chi connectivity index (χ1v) is 7.70. The summed E-state index contributed by atoms with van der Waals surface area (Å²) in [6, 6.07) is 12.8. The van der Waals surface area contributed by atoms with Gasteiger partial charge in [-0.1, -0.05) is 12.1 Å². The number of carbonyl (C=O) groups excluding carboxylic acids is 1. The minimum Gasteiger partial charge on any atom is -0.497 e. The molecule has 2 aromatic carbocycles. The molecule has 0 aliphatic rings. The van der Waals surface area contributed by atoms with E-state index in [9.17, 15) is 4.79 Å². The summed E-state index contributed by atoms with van der Waals surface area (Å²) < 4.78 is 10.4. The number of amides is 1. The first-order chi connectivity index (χ1) is 11.7. The summed E-state index contributed by atoms with van der Waals surface area (Å²) in [7, 11) is 3.21. The van der Waals surface area contributed by atoms with Gasteiger partial charge in [-0.05, 0) is 17.7 Å². The molecular formula is C18H24ClN3O3. The third kappa shape index (κ3) is 6.17. The van der Waals surface area contributed by atoms with Crippen LogP contribution in [0.4, 0.5) is 5.69 Å². The maximum atomic E-state index is 12.0. The maximum Gasteiger partial charge on any atom is 0.251 e. The molecule has 2 rings (SSSR count). The molecular weight excluding hydrogens is 342 g/mol.